The third kappa shape index (κ3) is 3.08. The van der Waals surface area contributed by atoms with Crippen molar-refractivity contribution in [2.75, 3.05) is 6.61 Å². The second-order valence-electron chi connectivity index (χ2n) is 3.44. The van der Waals surface area contributed by atoms with E-state index in [4.69, 9.17) is 9.84 Å². The van der Waals surface area contributed by atoms with Crippen LogP contribution >= 0.6 is 0 Å². The van der Waals surface area contributed by atoms with Gasteiger partial charge in [0.1, 0.15) is 5.75 Å². The SMILES string of the molecule is CCC(=O)c1ccc(OCC(=O)O)c(C)c1. The topological polar surface area (TPSA) is 63.6 Å². The van der Waals surface area contributed by atoms with E-state index >= 15 is 0 Å². The maximum atomic E-state index is 11.4. The number of carbonyl (C=O) groups excluding carboxylic acids is 1. The maximum absolute atomic E-state index is 11.4. The van der Waals surface area contributed by atoms with Crippen molar-refractivity contribution in [1.82, 2.24) is 0 Å². The molecule has 86 valence electrons. The molecule has 1 N–H and O–H groups in total. The van der Waals surface area contributed by atoms with E-state index in [1.165, 1.54) is 0 Å². The first-order valence-electron chi connectivity index (χ1n) is 5.03. The average Bonchev–Trinajstić information content (AvgIpc) is 2.26. The molecule has 0 spiro atoms. The summed E-state index contributed by atoms with van der Waals surface area (Å²) in [6.45, 7) is 3.21. The number of ketones is 1. The second-order valence-corrected chi connectivity index (χ2v) is 3.44. The van der Waals surface area contributed by atoms with Gasteiger partial charge in [0.15, 0.2) is 12.4 Å². The summed E-state index contributed by atoms with van der Waals surface area (Å²) >= 11 is 0. The molecule has 0 radical (unpaired) electrons. The Morgan fingerprint density at radius 2 is 2.06 bits per heavy atom. The summed E-state index contributed by atoms with van der Waals surface area (Å²) in [7, 11) is 0. The molecule has 4 heteroatoms. The minimum absolute atomic E-state index is 0.0629. The summed E-state index contributed by atoms with van der Waals surface area (Å²) in [5, 5.41) is 8.47. The highest BCUT2D eigenvalue weighted by Gasteiger charge is 2.07. The maximum Gasteiger partial charge on any atom is 0.341 e. The fourth-order valence-electron chi connectivity index (χ4n) is 1.33. The van der Waals surface area contributed by atoms with Crippen molar-refractivity contribution < 1.29 is 19.4 Å². The number of hydrogen-bond acceptors (Lipinski definition) is 3. The first kappa shape index (κ1) is 12.2. The Morgan fingerprint density at radius 1 is 1.38 bits per heavy atom. The highest BCUT2D eigenvalue weighted by molar-refractivity contribution is 5.96. The van der Waals surface area contributed by atoms with Gasteiger partial charge in [-0.05, 0) is 30.7 Å². The molecular formula is C12H14O4. The van der Waals surface area contributed by atoms with Gasteiger partial charge in [0.05, 0.1) is 0 Å². The van der Waals surface area contributed by atoms with Crippen molar-refractivity contribution in [2.24, 2.45) is 0 Å². The van der Waals surface area contributed by atoms with Crippen molar-refractivity contribution in [2.45, 2.75) is 20.3 Å². The van der Waals surface area contributed by atoms with E-state index < -0.39 is 5.97 Å². The van der Waals surface area contributed by atoms with Crippen LogP contribution in [0.4, 0.5) is 0 Å². The molecule has 0 unspecified atom stereocenters. The van der Waals surface area contributed by atoms with Crippen LogP contribution in [0.3, 0.4) is 0 Å². The van der Waals surface area contributed by atoms with Crippen LogP contribution in [0.1, 0.15) is 29.3 Å². The van der Waals surface area contributed by atoms with E-state index in [0.717, 1.165) is 5.56 Å². The molecule has 1 aromatic rings. The normalized spacial score (nSPS) is 9.88. The predicted octanol–water partition coefficient (Wildman–Crippen LogP) is 2.05. The minimum atomic E-state index is -1.02. The Hall–Kier alpha value is -1.84. The highest BCUT2D eigenvalue weighted by atomic mass is 16.5. The fraction of sp³-hybridized carbons (Fsp3) is 0.333. The summed E-state index contributed by atoms with van der Waals surface area (Å²) in [6.07, 6.45) is 0.453. The Morgan fingerprint density at radius 3 is 2.56 bits per heavy atom. The van der Waals surface area contributed by atoms with E-state index in [2.05, 4.69) is 0 Å². The van der Waals surface area contributed by atoms with Crippen LogP contribution < -0.4 is 4.74 Å². The third-order valence-corrected chi connectivity index (χ3v) is 2.17. The summed E-state index contributed by atoms with van der Waals surface area (Å²) in [6, 6.07) is 4.99. The molecule has 0 bridgehead atoms. The molecule has 0 aliphatic rings. The van der Waals surface area contributed by atoms with Crippen molar-refractivity contribution in [1.29, 1.82) is 0 Å². The zero-order valence-electron chi connectivity index (χ0n) is 9.32. The molecule has 0 heterocycles. The number of Topliss-reactive ketones (excluding diaryl/α,β-unsaturated/α-hetero) is 1. The van der Waals surface area contributed by atoms with Gasteiger partial charge < -0.3 is 9.84 Å². The molecule has 0 aromatic heterocycles. The van der Waals surface area contributed by atoms with Gasteiger partial charge in [-0.25, -0.2) is 4.79 Å². The minimum Gasteiger partial charge on any atom is -0.482 e. The molecule has 0 fully saturated rings. The molecule has 0 aliphatic carbocycles. The van der Waals surface area contributed by atoms with Crippen LogP contribution in [0.15, 0.2) is 18.2 Å². The first-order chi connectivity index (χ1) is 7.54. The van der Waals surface area contributed by atoms with Crippen LogP contribution in [0.25, 0.3) is 0 Å². The Balaban J connectivity index is 2.83. The van der Waals surface area contributed by atoms with E-state index in [9.17, 15) is 9.59 Å². The molecule has 4 nitrogen and oxygen atoms in total. The molecule has 16 heavy (non-hydrogen) atoms. The molecule has 0 atom stereocenters. The summed E-state index contributed by atoms with van der Waals surface area (Å²) in [5.41, 5.74) is 1.39. The van der Waals surface area contributed by atoms with E-state index in [1.807, 2.05) is 0 Å². The number of aryl methyl sites for hydroxylation is 1. The van der Waals surface area contributed by atoms with Gasteiger partial charge in [-0.2, -0.15) is 0 Å². The number of ether oxygens (including phenoxy) is 1. The van der Waals surface area contributed by atoms with Crippen molar-refractivity contribution in [3.8, 4) is 5.75 Å². The predicted molar refractivity (Wildman–Crippen MR) is 58.9 cm³/mol. The quantitative estimate of drug-likeness (QED) is 0.774. The van der Waals surface area contributed by atoms with Crippen LogP contribution in [0.5, 0.6) is 5.75 Å². The van der Waals surface area contributed by atoms with Crippen LogP contribution in [0, 0.1) is 6.92 Å². The van der Waals surface area contributed by atoms with Crippen LogP contribution in [-0.4, -0.2) is 23.5 Å². The fourth-order valence-corrected chi connectivity index (χ4v) is 1.33. The number of carboxylic acids is 1. The summed E-state index contributed by atoms with van der Waals surface area (Å²) in [5.74, 6) is -0.462. The lowest BCUT2D eigenvalue weighted by Gasteiger charge is -2.08. The summed E-state index contributed by atoms with van der Waals surface area (Å²) in [4.78, 5) is 21.7. The van der Waals surface area contributed by atoms with Gasteiger partial charge in [0, 0.05) is 12.0 Å². The Kier molecular flexibility index (Phi) is 4.05. The number of rotatable bonds is 5. The van der Waals surface area contributed by atoms with Gasteiger partial charge in [0.25, 0.3) is 0 Å². The first-order valence-corrected chi connectivity index (χ1v) is 5.03. The summed E-state index contributed by atoms with van der Waals surface area (Å²) < 4.78 is 5.06. The number of benzene rings is 1. The van der Waals surface area contributed by atoms with Gasteiger partial charge >= 0.3 is 5.97 Å². The van der Waals surface area contributed by atoms with Crippen molar-refractivity contribution in [3.05, 3.63) is 29.3 Å². The lowest BCUT2D eigenvalue weighted by atomic mass is 10.1. The van der Waals surface area contributed by atoms with E-state index in [-0.39, 0.29) is 12.4 Å². The average molecular weight is 222 g/mol. The lowest BCUT2D eigenvalue weighted by Crippen LogP contribution is -2.10. The van der Waals surface area contributed by atoms with Crippen molar-refractivity contribution in [3.63, 3.8) is 0 Å². The lowest BCUT2D eigenvalue weighted by molar-refractivity contribution is -0.139. The zero-order valence-corrected chi connectivity index (χ0v) is 9.32. The van der Waals surface area contributed by atoms with Gasteiger partial charge in [-0.3, -0.25) is 4.79 Å². The van der Waals surface area contributed by atoms with Gasteiger partial charge in [-0.1, -0.05) is 6.92 Å². The molecule has 0 saturated carbocycles. The number of aliphatic carboxylic acids is 1. The Bertz CT molecular complexity index is 409. The number of carbonyl (C=O) groups is 2. The smallest absolute Gasteiger partial charge is 0.341 e. The van der Waals surface area contributed by atoms with Gasteiger partial charge in [0.2, 0.25) is 0 Å². The van der Waals surface area contributed by atoms with Crippen LogP contribution in [0.2, 0.25) is 0 Å². The third-order valence-electron chi connectivity index (χ3n) is 2.17. The molecule has 0 amide bonds. The monoisotopic (exact) mass is 222 g/mol. The zero-order chi connectivity index (χ0) is 12.1. The molecule has 0 saturated heterocycles. The van der Waals surface area contributed by atoms with Crippen LogP contribution in [-0.2, 0) is 4.79 Å². The molecule has 1 rings (SSSR count). The number of hydrogen-bond donors (Lipinski definition) is 1. The second kappa shape index (κ2) is 5.30. The van der Waals surface area contributed by atoms with E-state index in [0.29, 0.717) is 17.7 Å². The largest absolute Gasteiger partial charge is 0.482 e. The van der Waals surface area contributed by atoms with E-state index in [1.54, 1.807) is 32.0 Å². The van der Waals surface area contributed by atoms with Crippen molar-refractivity contribution >= 4 is 11.8 Å². The molecule has 0 aliphatic heterocycles. The number of carboxylic acid groups (broad SMARTS) is 1. The molecular weight excluding hydrogens is 208 g/mol. The van der Waals surface area contributed by atoms with Gasteiger partial charge in [-0.15, -0.1) is 0 Å². The standard InChI is InChI=1S/C12H14O4/c1-3-10(13)9-4-5-11(8(2)6-9)16-7-12(14)15/h4-6H,3,7H2,1-2H3,(H,14,15). The Labute approximate surface area is 93.9 Å². The molecule has 1 aromatic carbocycles. The highest BCUT2D eigenvalue weighted by Crippen LogP contribution is 2.19.